The number of rotatable bonds is 2. The number of nitrogens with zero attached hydrogens (tertiary/aromatic N) is 2. The predicted octanol–water partition coefficient (Wildman–Crippen LogP) is 3.01. The Balaban J connectivity index is 2.01. The number of fused-ring (bicyclic) bond motifs is 1. The zero-order valence-electron chi connectivity index (χ0n) is 10.2. The van der Waals surface area contributed by atoms with Gasteiger partial charge in [0.2, 0.25) is 0 Å². The molecular weight excluding hydrogens is 244 g/mol. The molecule has 0 unspecified atom stereocenters. The number of aromatic nitrogens is 1. The van der Waals surface area contributed by atoms with Crippen LogP contribution in [0, 0.1) is 0 Å². The maximum absolute atomic E-state index is 10.7. The van der Waals surface area contributed by atoms with E-state index in [1.165, 1.54) is 29.0 Å². The van der Waals surface area contributed by atoms with Gasteiger partial charge >= 0.3 is 0 Å². The number of thiazole rings is 1. The van der Waals surface area contributed by atoms with Crippen molar-refractivity contribution >= 4 is 23.3 Å². The van der Waals surface area contributed by atoms with Gasteiger partial charge in [0.05, 0.1) is 4.88 Å². The van der Waals surface area contributed by atoms with E-state index in [0.29, 0.717) is 4.88 Å². The quantitative estimate of drug-likeness (QED) is 0.776. The molecule has 0 atom stereocenters. The molecule has 1 aromatic heterocycles. The zero-order valence-corrected chi connectivity index (χ0v) is 11.0. The average molecular weight is 258 g/mol. The molecule has 0 saturated carbocycles. The van der Waals surface area contributed by atoms with Gasteiger partial charge in [0, 0.05) is 31.0 Å². The average Bonchev–Trinajstić information content (AvgIpc) is 2.87. The van der Waals surface area contributed by atoms with Crippen LogP contribution in [0.3, 0.4) is 0 Å². The predicted molar refractivity (Wildman–Crippen MR) is 74.5 cm³/mol. The Labute approximate surface area is 110 Å². The Hall–Kier alpha value is -1.68. The molecule has 92 valence electrons. The number of anilines is 1. The lowest BCUT2D eigenvalue weighted by Gasteiger charge is -2.27. The lowest BCUT2D eigenvalue weighted by Crippen LogP contribution is -2.24. The van der Waals surface area contributed by atoms with Gasteiger partial charge < -0.3 is 4.90 Å². The number of aldehydes is 1. The zero-order chi connectivity index (χ0) is 12.5. The lowest BCUT2D eigenvalue weighted by atomic mass is 10.00. The van der Waals surface area contributed by atoms with Crippen molar-refractivity contribution in [3.05, 3.63) is 34.8 Å². The summed E-state index contributed by atoms with van der Waals surface area (Å²) in [7, 11) is 2.13. The standard InChI is InChI=1S/C14H14N2OS/c1-16-6-2-3-10-7-11(4-5-13(10)16)14-15-8-12(9-17)18-14/h4-5,7-9H,2-3,6H2,1H3. The second kappa shape index (κ2) is 4.53. The molecule has 0 bridgehead atoms. The van der Waals surface area contributed by atoms with Crippen LogP contribution in [0.1, 0.15) is 21.7 Å². The van der Waals surface area contributed by atoms with E-state index in [1.807, 2.05) is 0 Å². The molecule has 3 rings (SSSR count). The van der Waals surface area contributed by atoms with E-state index >= 15 is 0 Å². The third-order valence-electron chi connectivity index (χ3n) is 3.32. The number of carbonyl (C=O) groups is 1. The molecule has 0 spiro atoms. The van der Waals surface area contributed by atoms with Crippen LogP contribution in [-0.4, -0.2) is 24.9 Å². The van der Waals surface area contributed by atoms with Crippen LogP contribution in [0.4, 0.5) is 5.69 Å². The highest BCUT2D eigenvalue weighted by atomic mass is 32.1. The fourth-order valence-corrected chi connectivity index (χ4v) is 3.12. The summed E-state index contributed by atoms with van der Waals surface area (Å²) in [5, 5.41) is 0.924. The highest BCUT2D eigenvalue weighted by molar-refractivity contribution is 7.16. The topological polar surface area (TPSA) is 33.2 Å². The van der Waals surface area contributed by atoms with E-state index in [1.54, 1.807) is 6.20 Å². The van der Waals surface area contributed by atoms with Crippen LogP contribution < -0.4 is 4.90 Å². The summed E-state index contributed by atoms with van der Waals surface area (Å²) < 4.78 is 0. The molecule has 4 heteroatoms. The molecule has 0 fully saturated rings. The van der Waals surface area contributed by atoms with Crippen molar-refractivity contribution in [1.82, 2.24) is 4.98 Å². The Morgan fingerprint density at radius 1 is 1.44 bits per heavy atom. The SMILES string of the molecule is CN1CCCc2cc(-c3ncc(C=O)s3)ccc21. The first-order valence-electron chi connectivity index (χ1n) is 6.03. The molecular formula is C14H14N2OS. The van der Waals surface area contributed by atoms with E-state index in [-0.39, 0.29) is 0 Å². The van der Waals surface area contributed by atoms with Gasteiger partial charge in [0.25, 0.3) is 0 Å². The van der Waals surface area contributed by atoms with Crippen molar-refractivity contribution in [2.24, 2.45) is 0 Å². The summed E-state index contributed by atoms with van der Waals surface area (Å²) in [6.45, 7) is 1.12. The maximum Gasteiger partial charge on any atom is 0.161 e. The molecule has 3 nitrogen and oxygen atoms in total. The molecule has 1 aliphatic rings. The van der Waals surface area contributed by atoms with E-state index in [2.05, 4.69) is 35.1 Å². The fourth-order valence-electron chi connectivity index (χ4n) is 2.39. The first-order valence-corrected chi connectivity index (χ1v) is 6.85. The van der Waals surface area contributed by atoms with Gasteiger partial charge in [-0.3, -0.25) is 4.79 Å². The van der Waals surface area contributed by atoms with Gasteiger partial charge in [-0.05, 0) is 36.6 Å². The van der Waals surface area contributed by atoms with Crippen molar-refractivity contribution < 1.29 is 4.79 Å². The summed E-state index contributed by atoms with van der Waals surface area (Å²) in [6, 6.07) is 6.46. The van der Waals surface area contributed by atoms with Crippen LogP contribution in [0.2, 0.25) is 0 Å². The Bertz CT molecular complexity index is 591. The summed E-state index contributed by atoms with van der Waals surface area (Å²) in [4.78, 5) is 18.0. The Morgan fingerprint density at radius 3 is 3.11 bits per heavy atom. The maximum atomic E-state index is 10.7. The summed E-state index contributed by atoms with van der Waals surface area (Å²) in [6.07, 6.45) is 4.82. The minimum Gasteiger partial charge on any atom is -0.374 e. The minimum absolute atomic E-state index is 0.680. The molecule has 2 heterocycles. The Kier molecular flexibility index (Phi) is 2.88. The number of hydrogen-bond donors (Lipinski definition) is 0. The van der Waals surface area contributed by atoms with Crippen molar-refractivity contribution in [3.8, 4) is 10.6 Å². The second-order valence-corrected chi connectivity index (χ2v) is 5.62. The summed E-state index contributed by atoms with van der Waals surface area (Å²) in [5.41, 5.74) is 3.81. The third-order valence-corrected chi connectivity index (χ3v) is 4.29. The molecule has 0 saturated heterocycles. The Morgan fingerprint density at radius 2 is 2.33 bits per heavy atom. The fraction of sp³-hybridized carbons (Fsp3) is 0.286. The van der Waals surface area contributed by atoms with Crippen LogP contribution in [0.5, 0.6) is 0 Å². The number of benzene rings is 1. The molecule has 1 aromatic carbocycles. The second-order valence-electron chi connectivity index (χ2n) is 4.55. The molecule has 0 N–H and O–H groups in total. The minimum atomic E-state index is 0.680. The van der Waals surface area contributed by atoms with Gasteiger partial charge in [-0.15, -0.1) is 11.3 Å². The normalized spacial score (nSPS) is 14.4. The van der Waals surface area contributed by atoms with Gasteiger partial charge in [0.1, 0.15) is 5.01 Å². The smallest absolute Gasteiger partial charge is 0.161 e. The monoisotopic (exact) mass is 258 g/mol. The van der Waals surface area contributed by atoms with Gasteiger partial charge in [-0.2, -0.15) is 0 Å². The molecule has 18 heavy (non-hydrogen) atoms. The highest BCUT2D eigenvalue weighted by Gasteiger charge is 2.15. The molecule has 1 aliphatic heterocycles. The third kappa shape index (κ3) is 1.93. The van der Waals surface area contributed by atoms with Crippen molar-refractivity contribution in [3.63, 3.8) is 0 Å². The van der Waals surface area contributed by atoms with Gasteiger partial charge in [-0.1, -0.05) is 0 Å². The van der Waals surface area contributed by atoms with Crippen LogP contribution >= 0.6 is 11.3 Å². The van der Waals surface area contributed by atoms with Crippen molar-refractivity contribution in [2.75, 3.05) is 18.5 Å². The summed E-state index contributed by atoms with van der Waals surface area (Å²) >= 11 is 1.44. The number of aryl methyl sites for hydroxylation is 1. The highest BCUT2D eigenvalue weighted by Crippen LogP contribution is 2.32. The van der Waals surface area contributed by atoms with E-state index in [9.17, 15) is 4.79 Å². The van der Waals surface area contributed by atoms with Gasteiger partial charge in [-0.25, -0.2) is 4.98 Å². The van der Waals surface area contributed by atoms with Crippen molar-refractivity contribution in [1.29, 1.82) is 0 Å². The van der Waals surface area contributed by atoms with E-state index < -0.39 is 0 Å². The summed E-state index contributed by atoms with van der Waals surface area (Å²) in [5.74, 6) is 0. The molecule has 0 amide bonds. The van der Waals surface area contributed by atoms with Gasteiger partial charge in [0.15, 0.2) is 6.29 Å². The number of carbonyl (C=O) groups excluding carboxylic acids is 1. The van der Waals surface area contributed by atoms with E-state index in [0.717, 1.165) is 29.8 Å². The van der Waals surface area contributed by atoms with Crippen molar-refractivity contribution in [2.45, 2.75) is 12.8 Å². The van der Waals surface area contributed by atoms with Crippen LogP contribution in [-0.2, 0) is 6.42 Å². The lowest BCUT2D eigenvalue weighted by molar-refractivity contribution is 0.112. The molecule has 0 aliphatic carbocycles. The van der Waals surface area contributed by atoms with Crippen LogP contribution in [0.25, 0.3) is 10.6 Å². The number of hydrogen-bond acceptors (Lipinski definition) is 4. The van der Waals surface area contributed by atoms with E-state index in [4.69, 9.17) is 0 Å². The molecule has 0 radical (unpaired) electrons. The first-order chi connectivity index (χ1) is 8.78. The largest absolute Gasteiger partial charge is 0.374 e. The van der Waals surface area contributed by atoms with Crippen LogP contribution in [0.15, 0.2) is 24.4 Å². The first kappa shape index (κ1) is 11.4. The molecule has 2 aromatic rings.